The van der Waals surface area contributed by atoms with Crippen LogP contribution in [-0.2, 0) is 18.4 Å². The van der Waals surface area contributed by atoms with Gasteiger partial charge in [0.15, 0.2) is 5.82 Å². The van der Waals surface area contributed by atoms with Gasteiger partial charge < -0.3 is 5.32 Å². The van der Waals surface area contributed by atoms with Crippen molar-refractivity contribution in [3.05, 3.63) is 70.3 Å². The molecule has 31 heavy (non-hydrogen) atoms. The van der Waals surface area contributed by atoms with Crippen molar-refractivity contribution in [3.8, 4) is 0 Å². The summed E-state index contributed by atoms with van der Waals surface area (Å²) in [5, 5.41) is 11.2. The Morgan fingerprint density at radius 2 is 1.81 bits per heavy atom. The van der Waals surface area contributed by atoms with Crippen LogP contribution in [-0.4, -0.2) is 43.1 Å². The third-order valence-electron chi connectivity index (χ3n) is 5.10. The third kappa shape index (κ3) is 3.77. The largest absolute Gasteiger partial charge is 0.320 e. The van der Waals surface area contributed by atoms with Crippen LogP contribution in [0.25, 0.3) is 16.7 Å². The SMILES string of the molecule is CCN(CC(=O)Nc1c(F)cccc1F)Cc1nnc2n(C)c(=O)c3ccccc3n12. The summed E-state index contributed by atoms with van der Waals surface area (Å²) in [5.74, 6) is -1.32. The van der Waals surface area contributed by atoms with E-state index in [4.69, 9.17) is 0 Å². The Kier molecular flexibility index (Phi) is 5.47. The highest BCUT2D eigenvalue weighted by Gasteiger charge is 2.19. The molecule has 8 nitrogen and oxygen atoms in total. The quantitative estimate of drug-likeness (QED) is 0.512. The number of anilines is 1. The molecule has 0 radical (unpaired) electrons. The summed E-state index contributed by atoms with van der Waals surface area (Å²) in [6, 6.07) is 10.5. The summed E-state index contributed by atoms with van der Waals surface area (Å²) in [5.41, 5.74) is 0.00713. The third-order valence-corrected chi connectivity index (χ3v) is 5.10. The van der Waals surface area contributed by atoms with Crippen molar-refractivity contribution in [2.24, 2.45) is 7.05 Å². The average Bonchev–Trinajstić information content (AvgIpc) is 3.18. The lowest BCUT2D eigenvalue weighted by atomic mass is 10.2. The molecule has 0 atom stereocenters. The number of nitrogens with zero attached hydrogens (tertiary/aromatic N) is 5. The van der Waals surface area contributed by atoms with Crippen LogP contribution in [0.1, 0.15) is 12.7 Å². The lowest BCUT2D eigenvalue weighted by Crippen LogP contribution is -2.34. The van der Waals surface area contributed by atoms with E-state index in [2.05, 4.69) is 15.5 Å². The Labute approximate surface area is 175 Å². The highest BCUT2D eigenvalue weighted by atomic mass is 19.1. The number of halogens is 2. The first-order chi connectivity index (χ1) is 14.9. The number of carbonyl (C=O) groups is 1. The molecule has 0 aliphatic rings. The molecule has 10 heteroatoms. The number of nitrogens with one attached hydrogen (secondary N) is 1. The van der Waals surface area contributed by atoms with E-state index >= 15 is 0 Å². The zero-order chi connectivity index (χ0) is 22.1. The van der Waals surface area contributed by atoms with Gasteiger partial charge >= 0.3 is 0 Å². The van der Waals surface area contributed by atoms with Crippen molar-refractivity contribution in [1.29, 1.82) is 0 Å². The highest BCUT2D eigenvalue weighted by Crippen LogP contribution is 2.18. The standard InChI is InChI=1S/C21H20F2N6O2/c1-3-28(12-18(30)24-19-14(22)8-6-9-15(19)23)11-17-25-26-21-27(2)20(31)13-7-4-5-10-16(13)29(17)21/h4-10H,3,11-12H2,1-2H3,(H,24,30). The summed E-state index contributed by atoms with van der Waals surface area (Å²) in [7, 11) is 1.62. The van der Waals surface area contributed by atoms with E-state index in [1.54, 1.807) is 34.5 Å². The van der Waals surface area contributed by atoms with E-state index in [-0.39, 0.29) is 18.6 Å². The first-order valence-corrected chi connectivity index (χ1v) is 9.68. The first-order valence-electron chi connectivity index (χ1n) is 9.68. The Balaban J connectivity index is 1.62. The number of amides is 1. The van der Waals surface area contributed by atoms with E-state index in [0.29, 0.717) is 29.0 Å². The van der Waals surface area contributed by atoms with Gasteiger partial charge in [-0.1, -0.05) is 25.1 Å². The van der Waals surface area contributed by atoms with Crippen molar-refractivity contribution in [1.82, 2.24) is 24.1 Å². The van der Waals surface area contributed by atoms with Gasteiger partial charge in [0.05, 0.1) is 24.0 Å². The summed E-state index contributed by atoms with van der Waals surface area (Å²) in [4.78, 5) is 26.7. The van der Waals surface area contributed by atoms with Gasteiger partial charge in [0.1, 0.15) is 17.3 Å². The molecule has 0 aliphatic carbocycles. The highest BCUT2D eigenvalue weighted by molar-refractivity contribution is 5.92. The molecule has 0 fully saturated rings. The minimum absolute atomic E-state index is 0.108. The number of hydrogen-bond acceptors (Lipinski definition) is 5. The number of carbonyl (C=O) groups excluding carboxylic acids is 1. The number of rotatable bonds is 6. The maximum atomic E-state index is 13.8. The van der Waals surface area contributed by atoms with Gasteiger partial charge in [-0.15, -0.1) is 10.2 Å². The molecule has 1 N–H and O–H groups in total. The molecule has 0 bridgehead atoms. The minimum atomic E-state index is -0.841. The summed E-state index contributed by atoms with van der Waals surface area (Å²) >= 11 is 0. The van der Waals surface area contributed by atoms with Crippen LogP contribution >= 0.6 is 0 Å². The summed E-state index contributed by atoms with van der Waals surface area (Å²) in [6.07, 6.45) is 0. The first kappa shape index (κ1) is 20.6. The van der Waals surface area contributed by atoms with E-state index in [1.165, 1.54) is 10.6 Å². The monoisotopic (exact) mass is 426 g/mol. The van der Waals surface area contributed by atoms with Crippen molar-refractivity contribution < 1.29 is 13.6 Å². The number of aryl methyl sites for hydroxylation is 1. The second-order valence-electron chi connectivity index (χ2n) is 7.08. The molecule has 2 aromatic carbocycles. The molecule has 0 unspecified atom stereocenters. The lowest BCUT2D eigenvalue weighted by Gasteiger charge is -2.19. The van der Waals surface area contributed by atoms with Gasteiger partial charge in [0.25, 0.3) is 5.56 Å². The predicted octanol–water partition coefficient (Wildman–Crippen LogP) is 2.32. The Morgan fingerprint density at radius 3 is 2.52 bits per heavy atom. The maximum Gasteiger partial charge on any atom is 0.262 e. The van der Waals surface area contributed by atoms with Crippen LogP contribution in [0.5, 0.6) is 0 Å². The van der Waals surface area contributed by atoms with Gasteiger partial charge in [0, 0.05) is 7.05 Å². The minimum Gasteiger partial charge on any atom is -0.320 e. The molecule has 4 rings (SSSR count). The predicted molar refractivity (Wildman–Crippen MR) is 112 cm³/mol. The molecular formula is C21H20F2N6O2. The van der Waals surface area contributed by atoms with Crippen LogP contribution in [0.2, 0.25) is 0 Å². The molecule has 160 valence electrons. The fourth-order valence-electron chi connectivity index (χ4n) is 3.47. The van der Waals surface area contributed by atoms with Crippen LogP contribution in [0.4, 0.5) is 14.5 Å². The van der Waals surface area contributed by atoms with Gasteiger partial charge in [-0.25, -0.2) is 8.78 Å². The van der Waals surface area contributed by atoms with Crippen LogP contribution < -0.4 is 10.9 Å². The second-order valence-corrected chi connectivity index (χ2v) is 7.08. The summed E-state index contributed by atoms with van der Waals surface area (Å²) in [6.45, 7) is 2.47. The number of para-hydroxylation sites is 2. The van der Waals surface area contributed by atoms with Crippen molar-refractivity contribution in [2.75, 3.05) is 18.4 Å². The van der Waals surface area contributed by atoms with E-state index < -0.39 is 23.2 Å². The van der Waals surface area contributed by atoms with Crippen molar-refractivity contribution in [2.45, 2.75) is 13.5 Å². The number of hydrogen-bond donors (Lipinski definition) is 1. The van der Waals surface area contributed by atoms with Gasteiger partial charge in [-0.2, -0.15) is 0 Å². The Bertz CT molecular complexity index is 1330. The lowest BCUT2D eigenvalue weighted by molar-refractivity contribution is -0.117. The molecule has 2 heterocycles. The molecule has 0 aliphatic heterocycles. The van der Waals surface area contributed by atoms with Crippen LogP contribution in [0, 0.1) is 11.6 Å². The molecule has 0 saturated heterocycles. The fraction of sp³-hybridized carbons (Fsp3) is 0.238. The van der Waals surface area contributed by atoms with Gasteiger partial charge in [-0.05, 0) is 30.8 Å². The van der Waals surface area contributed by atoms with E-state index in [0.717, 1.165) is 12.1 Å². The molecule has 2 aromatic heterocycles. The number of likely N-dealkylation sites (N-methyl/N-ethyl adjacent to an activating group) is 1. The molecule has 0 saturated carbocycles. The number of benzene rings is 2. The smallest absolute Gasteiger partial charge is 0.262 e. The van der Waals surface area contributed by atoms with Gasteiger partial charge in [-0.3, -0.25) is 23.5 Å². The van der Waals surface area contributed by atoms with E-state index in [1.807, 2.05) is 13.0 Å². The molecule has 1 amide bonds. The Morgan fingerprint density at radius 1 is 1.10 bits per heavy atom. The van der Waals surface area contributed by atoms with Crippen LogP contribution in [0.3, 0.4) is 0 Å². The number of fused-ring (bicyclic) bond motifs is 3. The second kappa shape index (κ2) is 8.23. The zero-order valence-corrected chi connectivity index (χ0v) is 17.0. The fourth-order valence-corrected chi connectivity index (χ4v) is 3.47. The van der Waals surface area contributed by atoms with Crippen molar-refractivity contribution >= 4 is 28.3 Å². The summed E-state index contributed by atoms with van der Waals surface area (Å²) < 4.78 is 30.8. The van der Waals surface area contributed by atoms with Crippen molar-refractivity contribution in [3.63, 3.8) is 0 Å². The molecule has 0 spiro atoms. The van der Waals surface area contributed by atoms with E-state index in [9.17, 15) is 18.4 Å². The molecule has 4 aromatic rings. The topological polar surface area (TPSA) is 84.5 Å². The average molecular weight is 426 g/mol. The zero-order valence-electron chi connectivity index (χ0n) is 17.0. The molecular weight excluding hydrogens is 406 g/mol. The number of aromatic nitrogens is 4. The maximum absolute atomic E-state index is 13.8. The Hall–Kier alpha value is -3.66. The van der Waals surface area contributed by atoms with Gasteiger partial charge in [0.2, 0.25) is 11.7 Å². The van der Waals surface area contributed by atoms with Crippen LogP contribution in [0.15, 0.2) is 47.3 Å². The normalized spacial score (nSPS) is 11.5.